The predicted octanol–water partition coefficient (Wildman–Crippen LogP) is 2.93. The Bertz CT molecular complexity index is 669. The molecule has 0 aliphatic rings. The third-order valence-electron chi connectivity index (χ3n) is 3.02. The van der Waals surface area contributed by atoms with Crippen LogP contribution in [0.1, 0.15) is 18.9 Å². The molecule has 112 valence electrons. The van der Waals surface area contributed by atoms with Gasteiger partial charge in [0.05, 0.1) is 16.6 Å². The van der Waals surface area contributed by atoms with Crippen LogP contribution < -0.4 is 5.32 Å². The van der Waals surface area contributed by atoms with Crippen molar-refractivity contribution in [3.63, 3.8) is 0 Å². The van der Waals surface area contributed by atoms with Crippen molar-refractivity contribution in [2.45, 2.75) is 20.3 Å². The number of carbonyl (C=O) groups is 2. The first-order valence-corrected chi connectivity index (χ1v) is 7.46. The minimum atomic E-state index is -0.920. The summed E-state index contributed by atoms with van der Waals surface area (Å²) in [7, 11) is 0. The molecule has 21 heavy (non-hydrogen) atoms. The van der Waals surface area contributed by atoms with Gasteiger partial charge in [-0.15, -0.1) is 0 Å². The number of anilines is 1. The molecule has 0 unspecified atom stereocenters. The van der Waals surface area contributed by atoms with Crippen molar-refractivity contribution in [2.75, 3.05) is 18.4 Å². The molecular formula is C14H17N3O3S. The van der Waals surface area contributed by atoms with Gasteiger partial charge >= 0.3 is 12.0 Å². The average molecular weight is 307 g/mol. The zero-order valence-electron chi connectivity index (χ0n) is 11.9. The highest BCUT2D eigenvalue weighted by Crippen LogP contribution is 2.26. The lowest BCUT2D eigenvalue weighted by molar-refractivity contribution is -0.137. The molecule has 0 radical (unpaired) electrons. The Morgan fingerprint density at radius 2 is 2.19 bits per heavy atom. The van der Waals surface area contributed by atoms with E-state index in [0.717, 1.165) is 15.8 Å². The van der Waals surface area contributed by atoms with E-state index < -0.39 is 5.97 Å². The molecule has 1 aromatic carbocycles. The maximum atomic E-state index is 12.1. The van der Waals surface area contributed by atoms with E-state index >= 15 is 0 Å². The first-order valence-electron chi connectivity index (χ1n) is 6.64. The standard InChI is InChI=1S/C14H17N3O3S/c1-3-17(7-6-12(18)19)14(20)16-13-15-10-5-4-9(2)8-11(10)21-13/h4-5,8H,3,6-7H2,1-2H3,(H,18,19)(H,15,16,20). The lowest BCUT2D eigenvalue weighted by Crippen LogP contribution is -2.36. The Morgan fingerprint density at radius 1 is 1.43 bits per heavy atom. The number of carboxylic acids is 1. The molecule has 0 fully saturated rings. The van der Waals surface area contributed by atoms with Crippen molar-refractivity contribution >= 4 is 38.7 Å². The van der Waals surface area contributed by atoms with Crippen molar-refractivity contribution < 1.29 is 14.7 Å². The molecule has 0 atom stereocenters. The maximum absolute atomic E-state index is 12.1. The zero-order valence-corrected chi connectivity index (χ0v) is 12.7. The van der Waals surface area contributed by atoms with Gasteiger partial charge in [0, 0.05) is 13.1 Å². The van der Waals surface area contributed by atoms with E-state index in [-0.39, 0.29) is 19.0 Å². The minimum Gasteiger partial charge on any atom is -0.481 e. The molecular weight excluding hydrogens is 290 g/mol. The fraction of sp³-hybridized carbons (Fsp3) is 0.357. The maximum Gasteiger partial charge on any atom is 0.323 e. The predicted molar refractivity (Wildman–Crippen MR) is 82.9 cm³/mol. The number of urea groups is 1. The van der Waals surface area contributed by atoms with Crippen molar-refractivity contribution in [1.29, 1.82) is 0 Å². The van der Waals surface area contributed by atoms with Gasteiger partial charge < -0.3 is 10.0 Å². The van der Waals surface area contributed by atoms with E-state index in [1.807, 2.05) is 32.0 Å². The molecule has 7 heteroatoms. The quantitative estimate of drug-likeness (QED) is 0.889. The van der Waals surface area contributed by atoms with E-state index in [1.54, 1.807) is 0 Å². The number of rotatable bonds is 5. The highest BCUT2D eigenvalue weighted by molar-refractivity contribution is 7.22. The van der Waals surface area contributed by atoms with Gasteiger partial charge in [0.2, 0.25) is 0 Å². The normalized spacial score (nSPS) is 10.6. The second-order valence-electron chi connectivity index (χ2n) is 4.64. The monoisotopic (exact) mass is 307 g/mol. The average Bonchev–Trinajstić information content (AvgIpc) is 2.80. The molecule has 0 spiro atoms. The summed E-state index contributed by atoms with van der Waals surface area (Å²) in [5.74, 6) is -0.920. The number of carbonyl (C=O) groups excluding carboxylic acids is 1. The molecule has 2 aromatic rings. The minimum absolute atomic E-state index is 0.0691. The number of fused-ring (bicyclic) bond motifs is 1. The number of aromatic nitrogens is 1. The Hall–Kier alpha value is -2.15. The number of amides is 2. The Balaban J connectivity index is 2.07. The van der Waals surface area contributed by atoms with Crippen LogP contribution in [0.25, 0.3) is 10.2 Å². The Morgan fingerprint density at radius 3 is 2.86 bits per heavy atom. The van der Waals surface area contributed by atoms with Crippen LogP contribution in [0.4, 0.5) is 9.93 Å². The van der Waals surface area contributed by atoms with Gasteiger partial charge in [0.25, 0.3) is 0 Å². The van der Waals surface area contributed by atoms with Crippen LogP contribution in [0.15, 0.2) is 18.2 Å². The van der Waals surface area contributed by atoms with Gasteiger partial charge in [0.1, 0.15) is 0 Å². The van der Waals surface area contributed by atoms with Crippen LogP contribution in [0.2, 0.25) is 0 Å². The summed E-state index contributed by atoms with van der Waals surface area (Å²) in [5.41, 5.74) is 1.98. The van der Waals surface area contributed by atoms with E-state index in [1.165, 1.54) is 16.2 Å². The van der Waals surface area contributed by atoms with Crippen LogP contribution in [-0.2, 0) is 4.79 Å². The van der Waals surface area contributed by atoms with E-state index in [2.05, 4.69) is 10.3 Å². The molecule has 0 aliphatic carbocycles. The van der Waals surface area contributed by atoms with Gasteiger partial charge in [-0.3, -0.25) is 10.1 Å². The summed E-state index contributed by atoms with van der Waals surface area (Å²) in [6.45, 7) is 4.44. The topological polar surface area (TPSA) is 82.5 Å². The Labute approximate surface area is 126 Å². The second-order valence-corrected chi connectivity index (χ2v) is 5.67. The van der Waals surface area contributed by atoms with Crippen molar-refractivity contribution in [3.8, 4) is 0 Å². The molecule has 1 heterocycles. The molecule has 6 nitrogen and oxygen atoms in total. The number of thiazole rings is 1. The third-order valence-corrected chi connectivity index (χ3v) is 3.96. The van der Waals surface area contributed by atoms with E-state index in [0.29, 0.717) is 11.7 Å². The lowest BCUT2D eigenvalue weighted by atomic mass is 10.2. The molecule has 0 bridgehead atoms. The molecule has 0 saturated carbocycles. The van der Waals surface area contributed by atoms with Crippen molar-refractivity contribution in [3.05, 3.63) is 23.8 Å². The summed E-state index contributed by atoms with van der Waals surface area (Å²) in [4.78, 5) is 28.5. The largest absolute Gasteiger partial charge is 0.481 e. The summed E-state index contributed by atoms with van der Waals surface area (Å²) in [6.07, 6.45) is -0.0691. The third kappa shape index (κ3) is 3.91. The number of benzene rings is 1. The van der Waals surface area contributed by atoms with Crippen LogP contribution >= 0.6 is 11.3 Å². The fourth-order valence-corrected chi connectivity index (χ4v) is 2.84. The highest BCUT2D eigenvalue weighted by atomic mass is 32.1. The highest BCUT2D eigenvalue weighted by Gasteiger charge is 2.15. The SMILES string of the molecule is CCN(CCC(=O)O)C(=O)Nc1nc2ccc(C)cc2s1. The first-order chi connectivity index (χ1) is 9.99. The van der Waals surface area contributed by atoms with Gasteiger partial charge in [-0.05, 0) is 31.5 Å². The zero-order chi connectivity index (χ0) is 15.4. The summed E-state index contributed by atoms with van der Waals surface area (Å²) >= 11 is 1.41. The fourth-order valence-electron chi connectivity index (χ4n) is 1.89. The molecule has 0 aliphatic heterocycles. The van der Waals surface area contributed by atoms with Gasteiger partial charge in [-0.2, -0.15) is 0 Å². The molecule has 0 saturated heterocycles. The number of nitrogens with one attached hydrogen (secondary N) is 1. The van der Waals surface area contributed by atoms with Crippen LogP contribution in [0.3, 0.4) is 0 Å². The lowest BCUT2D eigenvalue weighted by Gasteiger charge is -2.19. The summed E-state index contributed by atoms with van der Waals surface area (Å²) in [6, 6.07) is 5.58. The number of nitrogens with zero attached hydrogens (tertiary/aromatic N) is 2. The van der Waals surface area contributed by atoms with Gasteiger partial charge in [0.15, 0.2) is 5.13 Å². The first kappa shape index (κ1) is 15.2. The number of aryl methyl sites for hydroxylation is 1. The van der Waals surface area contributed by atoms with Crippen LogP contribution in [0, 0.1) is 6.92 Å². The van der Waals surface area contributed by atoms with E-state index in [9.17, 15) is 9.59 Å². The van der Waals surface area contributed by atoms with Gasteiger partial charge in [-0.25, -0.2) is 9.78 Å². The van der Waals surface area contributed by atoms with Crippen molar-refractivity contribution in [2.24, 2.45) is 0 Å². The molecule has 2 N–H and O–H groups in total. The Kier molecular flexibility index (Phi) is 4.74. The smallest absolute Gasteiger partial charge is 0.323 e. The van der Waals surface area contributed by atoms with Gasteiger partial charge in [-0.1, -0.05) is 17.4 Å². The summed E-state index contributed by atoms with van der Waals surface area (Å²) in [5, 5.41) is 11.9. The molecule has 2 amide bonds. The van der Waals surface area contributed by atoms with E-state index in [4.69, 9.17) is 5.11 Å². The van der Waals surface area contributed by atoms with Crippen LogP contribution in [0.5, 0.6) is 0 Å². The molecule has 1 aromatic heterocycles. The summed E-state index contributed by atoms with van der Waals surface area (Å²) < 4.78 is 1.01. The number of hydrogen-bond donors (Lipinski definition) is 2. The number of aliphatic carboxylic acids is 1. The van der Waals surface area contributed by atoms with Crippen molar-refractivity contribution in [1.82, 2.24) is 9.88 Å². The number of hydrogen-bond acceptors (Lipinski definition) is 4. The molecule has 2 rings (SSSR count). The number of carboxylic acid groups (broad SMARTS) is 1. The van der Waals surface area contributed by atoms with Crippen LogP contribution in [-0.4, -0.2) is 40.1 Å². The second kappa shape index (κ2) is 6.53.